The van der Waals surface area contributed by atoms with Crippen LogP contribution in [0.2, 0.25) is 10.0 Å². The molecule has 5 nitrogen and oxygen atoms in total. The lowest BCUT2D eigenvalue weighted by Gasteiger charge is -2.18. The molecule has 0 bridgehead atoms. The number of aromatic hydroxyl groups is 1. The highest BCUT2D eigenvalue weighted by molar-refractivity contribution is 14.1. The van der Waals surface area contributed by atoms with E-state index in [0.29, 0.717) is 31.0 Å². The topological polar surface area (TPSA) is 86.6 Å². The second-order valence-electron chi connectivity index (χ2n) is 6.75. The predicted molar refractivity (Wildman–Crippen MR) is 139 cm³/mol. The van der Waals surface area contributed by atoms with Crippen molar-refractivity contribution >= 4 is 85.9 Å². The minimum Gasteiger partial charge on any atom is -0.506 e. The fourth-order valence-electron chi connectivity index (χ4n) is 3.10. The number of halogens is 4. The first-order valence-corrected chi connectivity index (χ1v) is 11.8. The number of hydrogen-bond donors (Lipinski definition) is 3. The van der Waals surface area contributed by atoms with E-state index in [2.05, 4.69) is 27.9 Å². The number of carbonyl (C=O) groups is 2. The van der Waals surface area contributed by atoms with Crippen molar-refractivity contribution in [2.45, 2.75) is 12.8 Å². The molecule has 160 valence electrons. The number of phenols is 1. The van der Waals surface area contributed by atoms with Crippen LogP contribution in [0.4, 0.5) is 5.69 Å². The molecule has 1 atom stereocenters. The summed E-state index contributed by atoms with van der Waals surface area (Å²) in [4.78, 5) is 24.8. The summed E-state index contributed by atoms with van der Waals surface area (Å²) in [6.07, 6.45) is 0. The minimum absolute atomic E-state index is 0.104. The molecule has 9 heteroatoms. The van der Waals surface area contributed by atoms with Crippen molar-refractivity contribution in [3.63, 3.8) is 0 Å². The van der Waals surface area contributed by atoms with Gasteiger partial charge in [-0.15, -0.1) is 0 Å². The molecule has 0 saturated carbocycles. The van der Waals surface area contributed by atoms with Crippen LogP contribution in [-0.4, -0.2) is 22.1 Å². The molecule has 0 aromatic heterocycles. The van der Waals surface area contributed by atoms with Crippen LogP contribution in [-0.2, 0) is 4.79 Å². The number of rotatable bonds is 5. The molecule has 3 N–H and O–H groups in total. The average Bonchev–Trinajstić information content (AvgIpc) is 2.69. The van der Waals surface area contributed by atoms with E-state index >= 15 is 0 Å². The molecule has 0 spiro atoms. The van der Waals surface area contributed by atoms with Gasteiger partial charge in [-0.3, -0.25) is 9.59 Å². The normalized spacial score (nSPS) is 11.8. The van der Waals surface area contributed by atoms with Crippen LogP contribution in [0.15, 0.2) is 48.5 Å². The Morgan fingerprint density at radius 2 is 1.68 bits per heavy atom. The Labute approximate surface area is 216 Å². The summed E-state index contributed by atoms with van der Waals surface area (Å²) in [6, 6.07) is 13.0. The van der Waals surface area contributed by atoms with Crippen molar-refractivity contribution in [1.29, 1.82) is 0 Å². The molecule has 0 aliphatic carbocycles. The fraction of sp³-hybridized carbons (Fsp3) is 0.0909. The van der Waals surface area contributed by atoms with Crippen molar-refractivity contribution in [2.24, 2.45) is 0 Å². The number of aliphatic carboxylic acids is 1. The average molecular weight is 682 g/mol. The maximum Gasteiger partial charge on any atom is 0.315 e. The fourth-order valence-corrected chi connectivity index (χ4v) is 5.34. The third-order valence-corrected chi connectivity index (χ3v) is 6.65. The molecule has 3 rings (SSSR count). The third kappa shape index (κ3) is 5.44. The van der Waals surface area contributed by atoms with Gasteiger partial charge < -0.3 is 15.5 Å². The van der Waals surface area contributed by atoms with Gasteiger partial charge in [0.05, 0.1) is 9.13 Å². The Morgan fingerprint density at radius 3 is 2.29 bits per heavy atom. The largest absolute Gasteiger partial charge is 0.506 e. The number of carboxylic acids is 1. The van der Waals surface area contributed by atoms with Gasteiger partial charge in [-0.05, 0) is 99.1 Å². The van der Waals surface area contributed by atoms with Crippen LogP contribution in [0.1, 0.15) is 33.0 Å². The molecule has 0 heterocycles. The van der Waals surface area contributed by atoms with Crippen LogP contribution in [0.5, 0.6) is 5.75 Å². The Morgan fingerprint density at radius 1 is 1.03 bits per heavy atom. The number of carbonyl (C=O) groups excluding carboxylic acids is 1. The molecule has 31 heavy (non-hydrogen) atoms. The molecule has 0 aliphatic heterocycles. The van der Waals surface area contributed by atoms with E-state index < -0.39 is 17.8 Å². The van der Waals surface area contributed by atoms with E-state index in [9.17, 15) is 19.8 Å². The Bertz CT molecular complexity index is 1180. The van der Waals surface area contributed by atoms with Crippen LogP contribution in [0.3, 0.4) is 0 Å². The first kappa shape index (κ1) is 24.1. The second-order valence-corrected chi connectivity index (χ2v) is 10.0. The van der Waals surface area contributed by atoms with E-state index in [1.165, 1.54) is 6.07 Å². The lowest BCUT2D eigenvalue weighted by molar-refractivity contribution is -0.137. The smallest absolute Gasteiger partial charge is 0.315 e. The quantitative estimate of drug-likeness (QED) is 0.262. The van der Waals surface area contributed by atoms with Crippen molar-refractivity contribution in [3.05, 3.63) is 88.0 Å². The molecule has 0 radical (unpaired) electrons. The van der Waals surface area contributed by atoms with Gasteiger partial charge in [0.1, 0.15) is 11.7 Å². The van der Waals surface area contributed by atoms with E-state index in [4.69, 9.17) is 23.2 Å². The number of amides is 1. The van der Waals surface area contributed by atoms with Gasteiger partial charge in [0.15, 0.2) is 0 Å². The molecule has 3 aromatic carbocycles. The summed E-state index contributed by atoms with van der Waals surface area (Å²) in [5, 5.41) is 23.5. The highest BCUT2D eigenvalue weighted by Crippen LogP contribution is 2.35. The van der Waals surface area contributed by atoms with Crippen molar-refractivity contribution in [2.75, 3.05) is 5.32 Å². The van der Waals surface area contributed by atoms with Gasteiger partial charge in [-0.1, -0.05) is 41.4 Å². The van der Waals surface area contributed by atoms with Crippen LogP contribution in [0, 0.1) is 14.1 Å². The Hall–Kier alpha value is -1.56. The number of nitrogens with one attached hydrogen (secondary N) is 1. The zero-order chi connectivity index (χ0) is 22.9. The van der Waals surface area contributed by atoms with E-state index in [-0.39, 0.29) is 16.3 Å². The molecule has 0 unspecified atom stereocenters. The minimum atomic E-state index is -1.06. The number of benzene rings is 3. The number of carboxylic acid groups (broad SMARTS) is 1. The Kier molecular flexibility index (Phi) is 7.72. The standard InChI is InChI=1S/C22H15Cl2I2NO4/c1-10-6-14(19(22(30)31)11-2-4-12(23)5-3-11)16(24)9-18(10)27-21(29)15-7-13(25)8-17(26)20(15)28/h2-9,19,28H,1H3,(H,27,29)(H,30,31)/t19-/m0/s1. The number of aryl methyl sites for hydroxylation is 1. The number of anilines is 1. The van der Waals surface area contributed by atoms with Gasteiger partial charge in [-0.2, -0.15) is 0 Å². The van der Waals surface area contributed by atoms with Gasteiger partial charge in [0.25, 0.3) is 5.91 Å². The van der Waals surface area contributed by atoms with Crippen molar-refractivity contribution < 1.29 is 19.8 Å². The lowest BCUT2D eigenvalue weighted by atomic mass is 9.90. The van der Waals surface area contributed by atoms with Gasteiger partial charge in [-0.25, -0.2) is 0 Å². The molecule has 0 fully saturated rings. The molecule has 0 saturated heterocycles. The van der Waals surface area contributed by atoms with Crippen LogP contribution < -0.4 is 5.32 Å². The molecular formula is C22H15Cl2I2NO4. The van der Waals surface area contributed by atoms with Crippen molar-refractivity contribution in [1.82, 2.24) is 0 Å². The van der Waals surface area contributed by atoms with E-state index in [0.717, 1.165) is 3.57 Å². The summed E-state index contributed by atoms with van der Waals surface area (Å²) in [5.74, 6) is -2.64. The summed E-state index contributed by atoms with van der Waals surface area (Å²) >= 11 is 16.4. The number of hydrogen-bond acceptors (Lipinski definition) is 3. The van der Waals surface area contributed by atoms with Crippen LogP contribution in [0.25, 0.3) is 0 Å². The zero-order valence-electron chi connectivity index (χ0n) is 15.9. The van der Waals surface area contributed by atoms with E-state index in [1.54, 1.807) is 49.4 Å². The molecule has 1 amide bonds. The molecular weight excluding hydrogens is 667 g/mol. The monoisotopic (exact) mass is 681 g/mol. The maximum atomic E-state index is 12.8. The highest BCUT2D eigenvalue weighted by Gasteiger charge is 2.26. The summed E-state index contributed by atoms with van der Waals surface area (Å²) < 4.78 is 1.37. The second kappa shape index (κ2) is 9.93. The van der Waals surface area contributed by atoms with Gasteiger partial charge in [0, 0.05) is 19.3 Å². The van der Waals surface area contributed by atoms with Gasteiger partial charge >= 0.3 is 5.97 Å². The summed E-state index contributed by atoms with van der Waals surface area (Å²) in [5.41, 5.74) is 2.13. The predicted octanol–water partition coefficient (Wildman–Crippen LogP) is 6.69. The first-order chi connectivity index (χ1) is 14.6. The zero-order valence-corrected chi connectivity index (χ0v) is 21.7. The summed E-state index contributed by atoms with van der Waals surface area (Å²) in [7, 11) is 0. The van der Waals surface area contributed by atoms with Gasteiger partial charge in [0.2, 0.25) is 0 Å². The molecule has 3 aromatic rings. The van der Waals surface area contributed by atoms with Crippen LogP contribution >= 0.6 is 68.4 Å². The van der Waals surface area contributed by atoms with Crippen molar-refractivity contribution in [3.8, 4) is 5.75 Å². The molecule has 0 aliphatic rings. The number of phenolic OH excluding ortho intramolecular Hbond substituents is 1. The Balaban J connectivity index is 1.97. The van der Waals surface area contributed by atoms with E-state index in [1.807, 2.05) is 22.6 Å². The first-order valence-electron chi connectivity index (χ1n) is 8.86. The SMILES string of the molecule is Cc1cc([C@@H](C(=O)O)c2ccc(Cl)cc2)c(Cl)cc1NC(=O)c1cc(I)cc(I)c1O. The third-order valence-electron chi connectivity index (χ3n) is 4.63. The summed E-state index contributed by atoms with van der Waals surface area (Å²) in [6.45, 7) is 1.74. The highest BCUT2D eigenvalue weighted by atomic mass is 127. The lowest BCUT2D eigenvalue weighted by Crippen LogP contribution is -2.16. The maximum absolute atomic E-state index is 12.8.